The minimum absolute atomic E-state index is 0.307. The summed E-state index contributed by atoms with van der Waals surface area (Å²) in [6.07, 6.45) is 2.88. The van der Waals surface area contributed by atoms with Crippen molar-refractivity contribution in [3.8, 4) is 0 Å². The zero-order valence-electron chi connectivity index (χ0n) is 18.8. The van der Waals surface area contributed by atoms with Crippen molar-refractivity contribution < 1.29 is 4.79 Å². The third-order valence-electron chi connectivity index (χ3n) is 6.76. The Hall–Kier alpha value is -2.27. The largest absolute Gasteiger partial charge is 0.369 e. The standard InChI is InChI=1S/C25H36N4O/c1-20(2)23-8-4-5-9-24(23)28-16-14-27(15-17-28)18-21-11-12-22(26(21)3)19-29-13-7-6-10-25(29)30/h4-5,8-9,11-12,20H,6-7,10,13-19H2,1-3H3. The van der Waals surface area contributed by atoms with E-state index in [1.807, 2.05) is 4.90 Å². The highest BCUT2D eigenvalue weighted by atomic mass is 16.2. The van der Waals surface area contributed by atoms with Crippen LogP contribution in [0.15, 0.2) is 36.4 Å². The number of para-hydroxylation sites is 1. The van der Waals surface area contributed by atoms with Crippen molar-refractivity contribution in [2.75, 3.05) is 37.6 Å². The molecule has 0 saturated carbocycles. The van der Waals surface area contributed by atoms with Crippen molar-refractivity contribution in [2.45, 2.75) is 52.1 Å². The van der Waals surface area contributed by atoms with E-state index >= 15 is 0 Å². The highest BCUT2D eigenvalue weighted by Crippen LogP contribution is 2.28. The number of anilines is 1. The smallest absolute Gasteiger partial charge is 0.222 e. The van der Waals surface area contributed by atoms with Gasteiger partial charge in [-0.3, -0.25) is 9.69 Å². The summed E-state index contributed by atoms with van der Waals surface area (Å²) in [6.45, 7) is 11.5. The first-order valence-electron chi connectivity index (χ1n) is 11.5. The summed E-state index contributed by atoms with van der Waals surface area (Å²) in [5.41, 5.74) is 5.43. The summed E-state index contributed by atoms with van der Waals surface area (Å²) in [6, 6.07) is 13.3. The minimum Gasteiger partial charge on any atom is -0.369 e. The molecule has 162 valence electrons. The molecule has 3 heterocycles. The molecule has 0 spiro atoms. The highest BCUT2D eigenvalue weighted by Gasteiger charge is 2.22. The van der Waals surface area contributed by atoms with Crippen molar-refractivity contribution in [1.29, 1.82) is 0 Å². The van der Waals surface area contributed by atoms with Gasteiger partial charge in [0.15, 0.2) is 0 Å². The van der Waals surface area contributed by atoms with Gasteiger partial charge in [0.2, 0.25) is 5.91 Å². The third kappa shape index (κ3) is 4.56. The van der Waals surface area contributed by atoms with E-state index in [-0.39, 0.29) is 0 Å². The van der Waals surface area contributed by atoms with E-state index in [4.69, 9.17) is 0 Å². The molecule has 0 radical (unpaired) electrons. The molecule has 0 N–H and O–H groups in total. The van der Waals surface area contributed by atoms with Crippen LogP contribution in [0.4, 0.5) is 5.69 Å². The Labute approximate surface area is 181 Å². The molecule has 2 aromatic rings. The van der Waals surface area contributed by atoms with Gasteiger partial charge >= 0.3 is 0 Å². The van der Waals surface area contributed by atoms with Crippen LogP contribution in [0.5, 0.6) is 0 Å². The van der Waals surface area contributed by atoms with Crippen LogP contribution >= 0.6 is 0 Å². The number of amides is 1. The Kier molecular flexibility index (Phi) is 6.47. The molecule has 2 saturated heterocycles. The number of aromatic nitrogens is 1. The summed E-state index contributed by atoms with van der Waals surface area (Å²) in [5, 5.41) is 0. The summed E-state index contributed by atoms with van der Waals surface area (Å²) >= 11 is 0. The Morgan fingerprint density at radius 3 is 2.27 bits per heavy atom. The molecule has 1 amide bonds. The summed E-state index contributed by atoms with van der Waals surface area (Å²) in [4.78, 5) is 19.3. The predicted molar refractivity (Wildman–Crippen MR) is 123 cm³/mol. The van der Waals surface area contributed by atoms with Gasteiger partial charge in [-0.1, -0.05) is 32.0 Å². The molecule has 4 rings (SSSR count). The second kappa shape index (κ2) is 9.25. The van der Waals surface area contributed by atoms with Gasteiger partial charge in [0.05, 0.1) is 6.54 Å². The normalized spacial score (nSPS) is 18.5. The first-order valence-corrected chi connectivity index (χ1v) is 11.5. The van der Waals surface area contributed by atoms with Crippen LogP contribution in [-0.2, 0) is 24.9 Å². The number of piperazine rings is 1. The van der Waals surface area contributed by atoms with E-state index in [0.29, 0.717) is 18.2 Å². The van der Waals surface area contributed by atoms with Crippen LogP contribution in [0.2, 0.25) is 0 Å². The number of carbonyl (C=O) groups excluding carboxylic acids is 1. The molecule has 0 unspecified atom stereocenters. The molecular weight excluding hydrogens is 372 g/mol. The molecule has 2 aliphatic rings. The molecular formula is C25H36N4O. The lowest BCUT2D eigenvalue weighted by Crippen LogP contribution is -2.46. The van der Waals surface area contributed by atoms with E-state index in [2.05, 4.69) is 71.7 Å². The molecule has 1 aromatic carbocycles. The second-order valence-corrected chi connectivity index (χ2v) is 9.12. The second-order valence-electron chi connectivity index (χ2n) is 9.12. The predicted octanol–water partition coefficient (Wildman–Crippen LogP) is 3.98. The average molecular weight is 409 g/mol. The minimum atomic E-state index is 0.307. The lowest BCUT2D eigenvalue weighted by Gasteiger charge is -2.37. The summed E-state index contributed by atoms with van der Waals surface area (Å²) in [5.74, 6) is 0.856. The molecule has 1 aromatic heterocycles. The van der Waals surface area contributed by atoms with Crippen molar-refractivity contribution in [2.24, 2.45) is 7.05 Å². The SMILES string of the molecule is CC(C)c1ccccc1N1CCN(Cc2ccc(CN3CCCCC3=O)n2C)CC1. The Morgan fingerprint density at radius 2 is 1.57 bits per heavy atom. The number of carbonyl (C=O) groups is 1. The van der Waals surface area contributed by atoms with Gasteiger partial charge in [-0.25, -0.2) is 0 Å². The zero-order valence-corrected chi connectivity index (χ0v) is 18.8. The maximum Gasteiger partial charge on any atom is 0.222 e. The van der Waals surface area contributed by atoms with Gasteiger partial charge in [-0.15, -0.1) is 0 Å². The van der Waals surface area contributed by atoms with Crippen LogP contribution in [0.3, 0.4) is 0 Å². The monoisotopic (exact) mass is 408 g/mol. The molecule has 5 nitrogen and oxygen atoms in total. The van der Waals surface area contributed by atoms with Crippen LogP contribution in [0.25, 0.3) is 0 Å². The maximum atomic E-state index is 12.2. The maximum absolute atomic E-state index is 12.2. The Balaban J connectivity index is 1.35. The summed E-state index contributed by atoms with van der Waals surface area (Å²) in [7, 11) is 2.15. The average Bonchev–Trinajstić information content (AvgIpc) is 3.09. The fourth-order valence-electron chi connectivity index (χ4n) is 4.78. The fraction of sp³-hybridized carbons (Fsp3) is 0.560. The quantitative estimate of drug-likeness (QED) is 0.725. The zero-order chi connectivity index (χ0) is 21.1. The molecule has 2 aliphatic heterocycles. The van der Waals surface area contributed by atoms with E-state index in [9.17, 15) is 4.79 Å². The van der Waals surface area contributed by atoms with Crippen molar-refractivity contribution in [3.63, 3.8) is 0 Å². The van der Waals surface area contributed by atoms with Crippen LogP contribution in [0, 0.1) is 0 Å². The third-order valence-corrected chi connectivity index (χ3v) is 6.76. The number of piperidine rings is 1. The lowest BCUT2D eigenvalue weighted by molar-refractivity contribution is -0.133. The molecule has 0 atom stereocenters. The van der Waals surface area contributed by atoms with Gasteiger partial charge in [-0.2, -0.15) is 0 Å². The van der Waals surface area contributed by atoms with Crippen LogP contribution in [-0.4, -0.2) is 53.0 Å². The van der Waals surface area contributed by atoms with Crippen molar-refractivity contribution in [3.05, 3.63) is 53.3 Å². The highest BCUT2D eigenvalue weighted by molar-refractivity contribution is 5.76. The Morgan fingerprint density at radius 1 is 0.867 bits per heavy atom. The first kappa shape index (κ1) is 21.0. The Bertz CT molecular complexity index is 864. The van der Waals surface area contributed by atoms with Crippen LogP contribution in [0.1, 0.15) is 56.0 Å². The number of nitrogens with zero attached hydrogens (tertiary/aromatic N) is 4. The molecule has 5 heteroatoms. The number of benzene rings is 1. The lowest BCUT2D eigenvalue weighted by atomic mass is 10.00. The summed E-state index contributed by atoms with van der Waals surface area (Å²) < 4.78 is 2.29. The van der Waals surface area contributed by atoms with Gasteiger partial charge in [0, 0.05) is 69.8 Å². The molecule has 2 fully saturated rings. The van der Waals surface area contributed by atoms with Gasteiger partial charge < -0.3 is 14.4 Å². The first-order chi connectivity index (χ1) is 14.5. The van der Waals surface area contributed by atoms with E-state index in [0.717, 1.165) is 58.7 Å². The van der Waals surface area contributed by atoms with Gasteiger partial charge in [-0.05, 0) is 42.5 Å². The number of rotatable bonds is 6. The topological polar surface area (TPSA) is 31.7 Å². The fourth-order valence-corrected chi connectivity index (χ4v) is 4.78. The van der Waals surface area contributed by atoms with Crippen molar-refractivity contribution in [1.82, 2.24) is 14.4 Å². The molecule has 30 heavy (non-hydrogen) atoms. The van der Waals surface area contributed by atoms with E-state index in [1.165, 1.54) is 22.6 Å². The number of hydrogen-bond acceptors (Lipinski definition) is 3. The molecule has 0 aliphatic carbocycles. The van der Waals surface area contributed by atoms with E-state index in [1.54, 1.807) is 0 Å². The van der Waals surface area contributed by atoms with Gasteiger partial charge in [0.25, 0.3) is 0 Å². The van der Waals surface area contributed by atoms with Crippen molar-refractivity contribution >= 4 is 11.6 Å². The molecule has 0 bridgehead atoms. The van der Waals surface area contributed by atoms with Crippen LogP contribution < -0.4 is 4.90 Å². The van der Waals surface area contributed by atoms with Gasteiger partial charge in [0.1, 0.15) is 0 Å². The number of likely N-dealkylation sites (tertiary alicyclic amines) is 1. The number of hydrogen-bond donors (Lipinski definition) is 0. The van der Waals surface area contributed by atoms with E-state index < -0.39 is 0 Å².